The highest BCUT2D eigenvalue weighted by Gasteiger charge is 2.27. The van der Waals surface area contributed by atoms with Crippen molar-refractivity contribution in [3.05, 3.63) is 17.5 Å². The number of likely N-dealkylation sites (tertiary alicyclic amines) is 1. The van der Waals surface area contributed by atoms with Gasteiger partial charge < -0.3 is 10.0 Å². The van der Waals surface area contributed by atoms with E-state index in [0.29, 0.717) is 31.7 Å². The van der Waals surface area contributed by atoms with Gasteiger partial charge in [0.1, 0.15) is 5.69 Å². The van der Waals surface area contributed by atoms with E-state index in [9.17, 15) is 9.90 Å². The molecule has 2 rings (SSSR count). The lowest BCUT2D eigenvalue weighted by Crippen LogP contribution is -2.31. The first-order valence-electron chi connectivity index (χ1n) is 6.19. The number of aromatic nitrogens is 2. The molecule has 1 N–H and O–H groups in total. The zero-order valence-corrected chi connectivity index (χ0v) is 10.4. The van der Waals surface area contributed by atoms with Gasteiger partial charge >= 0.3 is 0 Å². The van der Waals surface area contributed by atoms with Gasteiger partial charge in [-0.25, -0.2) is 0 Å². The fourth-order valence-electron chi connectivity index (χ4n) is 2.14. The molecule has 0 unspecified atom stereocenters. The lowest BCUT2D eigenvalue weighted by molar-refractivity contribution is 0.0753. The minimum Gasteiger partial charge on any atom is -0.391 e. The highest BCUT2D eigenvalue weighted by molar-refractivity contribution is 5.93. The SMILES string of the molecule is CCc1cc(C(=O)N2CC[C@H](O)C2)n(CC)n1. The van der Waals surface area contributed by atoms with Crippen LogP contribution in [0.15, 0.2) is 6.07 Å². The second kappa shape index (κ2) is 4.87. The lowest BCUT2D eigenvalue weighted by atomic mass is 10.3. The van der Waals surface area contributed by atoms with Crippen molar-refractivity contribution in [3.8, 4) is 0 Å². The second-order valence-corrected chi connectivity index (χ2v) is 4.38. The van der Waals surface area contributed by atoms with Crippen molar-refractivity contribution >= 4 is 5.91 Å². The lowest BCUT2D eigenvalue weighted by Gasteiger charge is -2.15. The van der Waals surface area contributed by atoms with Crippen LogP contribution < -0.4 is 0 Å². The number of carbonyl (C=O) groups excluding carboxylic acids is 1. The molecule has 0 saturated carbocycles. The van der Waals surface area contributed by atoms with Crippen molar-refractivity contribution in [2.45, 2.75) is 39.3 Å². The summed E-state index contributed by atoms with van der Waals surface area (Å²) in [5.74, 6) is -0.0180. The molecular formula is C12H19N3O2. The molecule has 2 heterocycles. The molecule has 94 valence electrons. The Labute approximate surface area is 101 Å². The van der Waals surface area contributed by atoms with Crippen LogP contribution in [0.3, 0.4) is 0 Å². The van der Waals surface area contributed by atoms with Gasteiger partial charge in [0.25, 0.3) is 5.91 Å². The number of amides is 1. The van der Waals surface area contributed by atoms with Crippen LogP contribution in [0.25, 0.3) is 0 Å². The molecule has 5 heteroatoms. The summed E-state index contributed by atoms with van der Waals surface area (Å²) in [6.07, 6.45) is 1.13. The Hall–Kier alpha value is -1.36. The molecule has 0 aliphatic carbocycles. The van der Waals surface area contributed by atoms with Crippen LogP contribution in [0, 0.1) is 0 Å². The second-order valence-electron chi connectivity index (χ2n) is 4.38. The summed E-state index contributed by atoms with van der Waals surface area (Å²) in [4.78, 5) is 14.0. The fraction of sp³-hybridized carbons (Fsp3) is 0.667. The fourth-order valence-corrected chi connectivity index (χ4v) is 2.14. The largest absolute Gasteiger partial charge is 0.391 e. The Kier molecular flexibility index (Phi) is 3.47. The van der Waals surface area contributed by atoms with Gasteiger partial charge in [-0.3, -0.25) is 9.48 Å². The summed E-state index contributed by atoms with van der Waals surface area (Å²) in [6, 6.07) is 1.86. The maximum atomic E-state index is 12.3. The van der Waals surface area contributed by atoms with Crippen molar-refractivity contribution in [1.82, 2.24) is 14.7 Å². The monoisotopic (exact) mass is 237 g/mol. The normalized spacial score (nSPS) is 19.9. The first-order chi connectivity index (χ1) is 8.15. The standard InChI is InChI=1S/C12H19N3O2/c1-3-9-7-11(15(4-2)13-9)12(17)14-6-5-10(16)8-14/h7,10,16H,3-6,8H2,1-2H3/t10-/m0/s1. The summed E-state index contributed by atoms with van der Waals surface area (Å²) in [5, 5.41) is 13.8. The molecule has 1 fully saturated rings. The Morgan fingerprint density at radius 1 is 1.59 bits per heavy atom. The smallest absolute Gasteiger partial charge is 0.272 e. The minimum absolute atomic E-state index is 0.0180. The van der Waals surface area contributed by atoms with Crippen molar-refractivity contribution < 1.29 is 9.90 Å². The third-order valence-corrected chi connectivity index (χ3v) is 3.16. The van der Waals surface area contributed by atoms with Gasteiger partial charge in [0.05, 0.1) is 11.8 Å². The van der Waals surface area contributed by atoms with E-state index < -0.39 is 0 Å². The van der Waals surface area contributed by atoms with E-state index in [1.165, 1.54) is 0 Å². The van der Waals surface area contributed by atoms with Crippen LogP contribution in [0.2, 0.25) is 0 Å². The third-order valence-electron chi connectivity index (χ3n) is 3.16. The molecule has 1 aromatic heterocycles. The van der Waals surface area contributed by atoms with Gasteiger partial charge in [-0.2, -0.15) is 5.10 Å². The van der Waals surface area contributed by atoms with Crippen molar-refractivity contribution in [2.75, 3.05) is 13.1 Å². The molecule has 1 atom stereocenters. The van der Waals surface area contributed by atoms with Gasteiger partial charge in [0.15, 0.2) is 0 Å². The Bertz CT molecular complexity index is 414. The van der Waals surface area contributed by atoms with Crippen LogP contribution in [0.4, 0.5) is 0 Å². The number of nitrogens with zero attached hydrogens (tertiary/aromatic N) is 3. The molecule has 0 radical (unpaired) electrons. The van der Waals surface area contributed by atoms with Crippen LogP contribution in [0.1, 0.15) is 36.5 Å². The summed E-state index contributed by atoms with van der Waals surface area (Å²) in [6.45, 7) is 5.77. The van der Waals surface area contributed by atoms with E-state index in [2.05, 4.69) is 5.10 Å². The average Bonchev–Trinajstić information content (AvgIpc) is 2.93. The number of rotatable bonds is 3. The number of aliphatic hydroxyl groups is 1. The first kappa shape index (κ1) is 12.1. The molecular weight excluding hydrogens is 218 g/mol. The Morgan fingerprint density at radius 2 is 2.35 bits per heavy atom. The molecule has 1 aliphatic heterocycles. The predicted octanol–water partition coefficient (Wildman–Crippen LogP) is 0.672. The summed E-state index contributed by atoms with van der Waals surface area (Å²) >= 11 is 0. The van der Waals surface area contributed by atoms with Crippen LogP contribution in [0.5, 0.6) is 0 Å². The van der Waals surface area contributed by atoms with Gasteiger partial charge in [-0.1, -0.05) is 6.92 Å². The predicted molar refractivity (Wildman–Crippen MR) is 63.8 cm³/mol. The van der Waals surface area contributed by atoms with Gasteiger partial charge in [-0.05, 0) is 25.8 Å². The molecule has 1 aliphatic rings. The van der Waals surface area contributed by atoms with Gasteiger partial charge in [0.2, 0.25) is 0 Å². The number of β-amino-alcohol motifs (C(OH)–C–C–N with tert-alkyl or cyclic N) is 1. The number of hydrogen-bond acceptors (Lipinski definition) is 3. The van der Waals surface area contributed by atoms with E-state index in [1.54, 1.807) is 9.58 Å². The topological polar surface area (TPSA) is 58.4 Å². The molecule has 0 spiro atoms. The Balaban J connectivity index is 2.20. The molecule has 5 nitrogen and oxygen atoms in total. The zero-order chi connectivity index (χ0) is 12.4. The van der Waals surface area contributed by atoms with Crippen molar-refractivity contribution in [1.29, 1.82) is 0 Å². The zero-order valence-electron chi connectivity index (χ0n) is 10.4. The summed E-state index contributed by atoms with van der Waals surface area (Å²) < 4.78 is 1.74. The number of carbonyl (C=O) groups is 1. The van der Waals surface area contributed by atoms with E-state index in [0.717, 1.165) is 12.1 Å². The maximum absolute atomic E-state index is 12.3. The van der Waals surface area contributed by atoms with Crippen LogP contribution >= 0.6 is 0 Å². The van der Waals surface area contributed by atoms with Gasteiger partial charge in [0, 0.05) is 19.6 Å². The number of aliphatic hydroxyl groups excluding tert-OH is 1. The highest BCUT2D eigenvalue weighted by atomic mass is 16.3. The molecule has 1 saturated heterocycles. The molecule has 0 aromatic carbocycles. The number of hydrogen-bond donors (Lipinski definition) is 1. The van der Waals surface area contributed by atoms with E-state index in [1.807, 2.05) is 19.9 Å². The number of aryl methyl sites for hydroxylation is 2. The third kappa shape index (κ3) is 2.34. The van der Waals surface area contributed by atoms with E-state index in [-0.39, 0.29) is 12.0 Å². The van der Waals surface area contributed by atoms with E-state index >= 15 is 0 Å². The average molecular weight is 237 g/mol. The summed E-state index contributed by atoms with van der Waals surface area (Å²) in [5.41, 5.74) is 1.58. The van der Waals surface area contributed by atoms with Gasteiger partial charge in [-0.15, -0.1) is 0 Å². The quantitative estimate of drug-likeness (QED) is 0.840. The molecule has 1 aromatic rings. The van der Waals surface area contributed by atoms with Crippen molar-refractivity contribution in [3.63, 3.8) is 0 Å². The summed E-state index contributed by atoms with van der Waals surface area (Å²) in [7, 11) is 0. The van der Waals surface area contributed by atoms with E-state index in [4.69, 9.17) is 0 Å². The van der Waals surface area contributed by atoms with Crippen LogP contribution in [-0.4, -0.2) is 44.9 Å². The molecule has 1 amide bonds. The first-order valence-corrected chi connectivity index (χ1v) is 6.19. The van der Waals surface area contributed by atoms with Crippen molar-refractivity contribution in [2.24, 2.45) is 0 Å². The molecule has 0 bridgehead atoms. The maximum Gasteiger partial charge on any atom is 0.272 e. The van der Waals surface area contributed by atoms with Crippen LogP contribution in [-0.2, 0) is 13.0 Å². The minimum atomic E-state index is -0.373. The Morgan fingerprint density at radius 3 is 2.88 bits per heavy atom. The highest BCUT2D eigenvalue weighted by Crippen LogP contribution is 2.15. The molecule has 17 heavy (non-hydrogen) atoms.